The number of hydrogen-bond acceptors (Lipinski definition) is 4. The third-order valence-corrected chi connectivity index (χ3v) is 3.98. The number of nitrogens with zero attached hydrogens (tertiary/aromatic N) is 2. The molecule has 0 unspecified atom stereocenters. The lowest BCUT2D eigenvalue weighted by molar-refractivity contribution is 1.42. The number of thiazole rings is 1. The summed E-state index contributed by atoms with van der Waals surface area (Å²) in [4.78, 5) is 4.50. The highest BCUT2D eigenvalue weighted by Crippen LogP contribution is 2.29. The van der Waals surface area contributed by atoms with Gasteiger partial charge in [-0.3, -0.25) is 0 Å². The zero-order chi connectivity index (χ0) is 13.2. The lowest BCUT2D eigenvalue weighted by atomic mass is 10.2. The Labute approximate surface area is 122 Å². The van der Waals surface area contributed by atoms with Crippen LogP contribution in [0.4, 0.5) is 10.8 Å². The molecule has 3 rings (SSSR count). The van der Waals surface area contributed by atoms with Gasteiger partial charge in [-0.15, -0.1) is 0 Å². The summed E-state index contributed by atoms with van der Waals surface area (Å²) in [5, 5.41) is 13.0. The van der Waals surface area contributed by atoms with Gasteiger partial charge in [-0.05, 0) is 30.3 Å². The number of nitriles is 1. The first-order chi connectivity index (χ1) is 9.24. The lowest BCUT2D eigenvalue weighted by Gasteiger charge is -2.03. The molecule has 0 saturated carbocycles. The highest BCUT2D eigenvalue weighted by Gasteiger charge is 2.04. The number of rotatable bonds is 2. The highest BCUT2D eigenvalue weighted by molar-refractivity contribution is 9.10. The summed E-state index contributed by atoms with van der Waals surface area (Å²) in [5.41, 5.74) is 2.44. The van der Waals surface area contributed by atoms with Gasteiger partial charge in [0.2, 0.25) is 0 Å². The summed E-state index contributed by atoms with van der Waals surface area (Å²) >= 11 is 4.98. The van der Waals surface area contributed by atoms with E-state index in [-0.39, 0.29) is 0 Å². The molecule has 2 aromatic carbocycles. The van der Waals surface area contributed by atoms with Crippen LogP contribution in [-0.2, 0) is 0 Å². The Morgan fingerprint density at radius 2 is 2.05 bits per heavy atom. The van der Waals surface area contributed by atoms with Gasteiger partial charge in [0.05, 0.1) is 21.8 Å². The number of fused-ring (bicyclic) bond motifs is 1. The van der Waals surface area contributed by atoms with Gasteiger partial charge >= 0.3 is 0 Å². The minimum Gasteiger partial charge on any atom is -0.331 e. The molecule has 19 heavy (non-hydrogen) atoms. The second-order valence-corrected chi connectivity index (χ2v) is 5.90. The lowest BCUT2D eigenvalue weighted by Crippen LogP contribution is -1.90. The van der Waals surface area contributed by atoms with E-state index < -0.39 is 0 Å². The van der Waals surface area contributed by atoms with Crippen LogP contribution in [0, 0.1) is 11.3 Å². The third-order valence-electron chi connectivity index (χ3n) is 2.57. The third kappa shape index (κ3) is 2.60. The number of para-hydroxylation sites is 1. The van der Waals surface area contributed by atoms with E-state index in [0.29, 0.717) is 5.56 Å². The number of nitrogens with one attached hydrogen (secondary N) is 1. The van der Waals surface area contributed by atoms with E-state index in [1.54, 1.807) is 23.5 Å². The predicted molar refractivity (Wildman–Crippen MR) is 81.8 cm³/mol. The van der Waals surface area contributed by atoms with Gasteiger partial charge in [-0.25, -0.2) is 4.98 Å². The molecular weight excluding hydrogens is 322 g/mol. The molecule has 0 spiro atoms. The van der Waals surface area contributed by atoms with Crippen molar-refractivity contribution in [3.8, 4) is 6.07 Å². The maximum Gasteiger partial charge on any atom is 0.188 e. The molecule has 3 nitrogen and oxygen atoms in total. The monoisotopic (exact) mass is 329 g/mol. The maximum absolute atomic E-state index is 8.96. The van der Waals surface area contributed by atoms with Gasteiger partial charge in [0.25, 0.3) is 0 Å². The van der Waals surface area contributed by atoms with Crippen molar-refractivity contribution in [2.45, 2.75) is 0 Å². The van der Waals surface area contributed by atoms with Crippen LogP contribution in [0.2, 0.25) is 0 Å². The van der Waals surface area contributed by atoms with Gasteiger partial charge in [0.1, 0.15) is 0 Å². The van der Waals surface area contributed by atoms with Crippen LogP contribution in [0.5, 0.6) is 0 Å². The summed E-state index contributed by atoms with van der Waals surface area (Å²) in [6.07, 6.45) is 0. The fraction of sp³-hybridized carbons (Fsp3) is 0. The molecule has 0 aliphatic heterocycles. The van der Waals surface area contributed by atoms with Crippen molar-refractivity contribution in [2.75, 3.05) is 5.32 Å². The van der Waals surface area contributed by atoms with Crippen LogP contribution < -0.4 is 5.32 Å². The number of halogens is 1. The zero-order valence-electron chi connectivity index (χ0n) is 9.72. The van der Waals surface area contributed by atoms with E-state index in [4.69, 9.17) is 5.26 Å². The fourth-order valence-corrected chi connectivity index (χ4v) is 3.15. The Kier molecular flexibility index (Phi) is 3.20. The number of anilines is 2. The number of hydrogen-bond donors (Lipinski definition) is 1. The Bertz CT molecular complexity index is 756. The summed E-state index contributed by atoms with van der Waals surface area (Å²) in [6.45, 7) is 0. The van der Waals surface area contributed by atoms with Gasteiger partial charge in [-0.1, -0.05) is 39.4 Å². The first-order valence-corrected chi connectivity index (χ1v) is 7.19. The van der Waals surface area contributed by atoms with Crippen molar-refractivity contribution >= 4 is 48.3 Å². The predicted octanol–water partition coefficient (Wildman–Crippen LogP) is 4.67. The average Bonchev–Trinajstić information content (AvgIpc) is 2.80. The van der Waals surface area contributed by atoms with E-state index in [1.165, 1.54) is 0 Å². The zero-order valence-corrected chi connectivity index (χ0v) is 12.1. The quantitative estimate of drug-likeness (QED) is 0.742. The first kappa shape index (κ1) is 12.2. The smallest absolute Gasteiger partial charge is 0.188 e. The SMILES string of the molecule is N#Cc1cc(Br)cc(Nc2nc3ccccc3s2)c1. The molecule has 5 heteroatoms. The van der Waals surface area contributed by atoms with Gasteiger partial charge in [0.15, 0.2) is 5.13 Å². The highest BCUT2D eigenvalue weighted by atomic mass is 79.9. The molecule has 0 aliphatic carbocycles. The van der Waals surface area contributed by atoms with Crippen molar-refractivity contribution < 1.29 is 0 Å². The largest absolute Gasteiger partial charge is 0.331 e. The van der Waals surface area contributed by atoms with Crippen molar-refractivity contribution in [3.05, 3.63) is 52.5 Å². The molecule has 1 aromatic heterocycles. The molecule has 1 N–H and O–H groups in total. The maximum atomic E-state index is 8.96. The van der Waals surface area contributed by atoms with Gasteiger partial charge < -0.3 is 5.32 Å². The molecule has 0 aliphatic rings. The Morgan fingerprint density at radius 1 is 1.21 bits per heavy atom. The number of benzene rings is 2. The van der Waals surface area contributed by atoms with E-state index in [2.05, 4.69) is 32.3 Å². The van der Waals surface area contributed by atoms with Crippen LogP contribution >= 0.6 is 27.3 Å². The fourth-order valence-electron chi connectivity index (χ4n) is 1.78. The van der Waals surface area contributed by atoms with Crippen LogP contribution in [-0.4, -0.2) is 4.98 Å². The Morgan fingerprint density at radius 3 is 2.84 bits per heavy atom. The van der Waals surface area contributed by atoms with Crippen LogP contribution in [0.15, 0.2) is 46.9 Å². The molecule has 0 atom stereocenters. The van der Waals surface area contributed by atoms with Crippen molar-refractivity contribution in [2.24, 2.45) is 0 Å². The summed E-state index contributed by atoms with van der Waals surface area (Å²) < 4.78 is 2.01. The standard InChI is InChI=1S/C14H8BrN3S/c15-10-5-9(8-16)6-11(7-10)17-14-18-12-3-1-2-4-13(12)19-14/h1-7H,(H,17,18). The second kappa shape index (κ2) is 5.00. The van der Waals surface area contributed by atoms with E-state index in [1.807, 2.05) is 30.3 Å². The topological polar surface area (TPSA) is 48.7 Å². The van der Waals surface area contributed by atoms with Gasteiger partial charge in [-0.2, -0.15) is 5.26 Å². The van der Waals surface area contributed by atoms with Crippen molar-refractivity contribution in [1.29, 1.82) is 5.26 Å². The Balaban J connectivity index is 1.96. The Hall–Kier alpha value is -1.90. The van der Waals surface area contributed by atoms with E-state index >= 15 is 0 Å². The normalized spacial score (nSPS) is 10.3. The van der Waals surface area contributed by atoms with E-state index in [0.717, 1.165) is 25.5 Å². The van der Waals surface area contributed by atoms with Crippen LogP contribution in [0.1, 0.15) is 5.56 Å². The van der Waals surface area contributed by atoms with E-state index in [9.17, 15) is 0 Å². The molecule has 1 heterocycles. The first-order valence-electron chi connectivity index (χ1n) is 5.58. The van der Waals surface area contributed by atoms with Crippen molar-refractivity contribution in [1.82, 2.24) is 4.98 Å². The van der Waals surface area contributed by atoms with Crippen LogP contribution in [0.3, 0.4) is 0 Å². The molecule has 0 fully saturated rings. The minimum atomic E-state index is 0.609. The summed E-state index contributed by atoms with van der Waals surface area (Å²) in [5.74, 6) is 0. The minimum absolute atomic E-state index is 0.609. The molecule has 0 radical (unpaired) electrons. The molecule has 92 valence electrons. The molecule has 0 saturated heterocycles. The molecule has 0 bridgehead atoms. The number of aromatic nitrogens is 1. The second-order valence-electron chi connectivity index (χ2n) is 3.95. The van der Waals surface area contributed by atoms with Crippen molar-refractivity contribution in [3.63, 3.8) is 0 Å². The average molecular weight is 330 g/mol. The summed E-state index contributed by atoms with van der Waals surface area (Å²) in [6, 6.07) is 15.6. The molecule has 0 amide bonds. The van der Waals surface area contributed by atoms with Gasteiger partial charge in [0, 0.05) is 10.2 Å². The molecule has 3 aromatic rings. The van der Waals surface area contributed by atoms with Crippen LogP contribution in [0.25, 0.3) is 10.2 Å². The summed E-state index contributed by atoms with van der Waals surface area (Å²) in [7, 11) is 0. The molecular formula is C14H8BrN3S.